The highest BCUT2D eigenvalue weighted by Crippen LogP contribution is 2.05. The third kappa shape index (κ3) is 8.44. The molecule has 0 rings (SSSR count). The number of ether oxygens (including phenoxy) is 1. The summed E-state index contributed by atoms with van der Waals surface area (Å²) in [5, 5.41) is 9.22. The van der Waals surface area contributed by atoms with Gasteiger partial charge in [-0.3, -0.25) is 4.90 Å². The van der Waals surface area contributed by atoms with Gasteiger partial charge in [0.05, 0.1) is 6.10 Å². The van der Waals surface area contributed by atoms with E-state index in [1.165, 1.54) is 0 Å². The van der Waals surface area contributed by atoms with Crippen LogP contribution in [0.5, 0.6) is 0 Å². The molecule has 0 bridgehead atoms. The van der Waals surface area contributed by atoms with Gasteiger partial charge in [-0.15, -0.1) is 24.0 Å². The fourth-order valence-corrected chi connectivity index (χ4v) is 0.938. The summed E-state index contributed by atoms with van der Waals surface area (Å²) in [5.74, 6) is -0.213. The van der Waals surface area contributed by atoms with Crippen LogP contribution >= 0.6 is 24.0 Å². The van der Waals surface area contributed by atoms with E-state index in [2.05, 4.69) is 0 Å². The second kappa shape index (κ2) is 9.71. The van der Waals surface area contributed by atoms with Crippen molar-refractivity contribution in [2.24, 2.45) is 0 Å². The predicted octanol–water partition coefficient (Wildman–Crippen LogP) is 1.80. The maximum Gasteiger partial charge on any atom is 0.334 e. The molecule has 0 spiro atoms. The molecular formula is C11H21Cl2NO3. The molecule has 2 atom stereocenters. The van der Waals surface area contributed by atoms with Gasteiger partial charge in [0.1, 0.15) is 0 Å². The lowest BCUT2D eigenvalue weighted by molar-refractivity contribution is -0.150. The largest absolute Gasteiger partial charge is 0.443 e. The van der Waals surface area contributed by atoms with E-state index in [0.29, 0.717) is 12.0 Å². The van der Waals surface area contributed by atoms with E-state index in [1.54, 1.807) is 24.8 Å². The van der Waals surface area contributed by atoms with E-state index >= 15 is 0 Å². The van der Waals surface area contributed by atoms with Crippen molar-refractivity contribution in [2.45, 2.75) is 32.6 Å². The Bertz CT molecular complexity index is 257. The zero-order valence-electron chi connectivity index (χ0n) is 10.6. The molecule has 6 heteroatoms. The summed E-state index contributed by atoms with van der Waals surface area (Å²) >= 11 is 5.44. The number of nitrogens with zero attached hydrogens (tertiary/aromatic N) is 1. The zero-order chi connectivity index (χ0) is 12.7. The van der Waals surface area contributed by atoms with Crippen LogP contribution < -0.4 is 0 Å². The number of rotatable bonds is 6. The molecule has 0 aromatic carbocycles. The van der Waals surface area contributed by atoms with Gasteiger partial charge in [0.15, 0.2) is 6.23 Å². The quantitative estimate of drug-likeness (QED) is 0.350. The minimum atomic E-state index is -0.615. The third-order valence-corrected chi connectivity index (χ3v) is 2.56. The lowest BCUT2D eigenvalue weighted by atomic mass is 10.2. The summed E-state index contributed by atoms with van der Waals surface area (Å²) in [6.45, 7) is 3.45. The Morgan fingerprint density at radius 1 is 1.53 bits per heavy atom. The Kier molecular flexibility index (Phi) is 10.9. The molecule has 4 nitrogen and oxygen atoms in total. The highest BCUT2D eigenvalue weighted by molar-refractivity contribution is 6.18. The topological polar surface area (TPSA) is 49.8 Å². The minimum absolute atomic E-state index is 0. The first-order valence-electron chi connectivity index (χ1n) is 5.16. The number of carbonyl (C=O) groups is 1. The van der Waals surface area contributed by atoms with Crippen LogP contribution in [-0.2, 0) is 9.53 Å². The second-order valence-corrected chi connectivity index (χ2v) is 4.21. The van der Waals surface area contributed by atoms with Crippen molar-refractivity contribution in [1.82, 2.24) is 4.90 Å². The van der Waals surface area contributed by atoms with Gasteiger partial charge in [-0.2, -0.15) is 0 Å². The smallest absolute Gasteiger partial charge is 0.334 e. The molecule has 1 N–H and O–H groups in total. The Morgan fingerprint density at radius 3 is 2.47 bits per heavy atom. The highest BCUT2D eigenvalue weighted by Gasteiger charge is 2.12. The fourth-order valence-electron chi connectivity index (χ4n) is 0.812. The van der Waals surface area contributed by atoms with Crippen LogP contribution in [0.15, 0.2) is 11.6 Å². The van der Waals surface area contributed by atoms with Gasteiger partial charge < -0.3 is 9.84 Å². The maximum absolute atomic E-state index is 11.5. The van der Waals surface area contributed by atoms with Crippen LogP contribution in [0.4, 0.5) is 0 Å². The van der Waals surface area contributed by atoms with Crippen molar-refractivity contribution in [3.8, 4) is 0 Å². The molecule has 0 aromatic rings. The van der Waals surface area contributed by atoms with Crippen molar-refractivity contribution in [1.29, 1.82) is 0 Å². The number of aliphatic hydroxyl groups excluding tert-OH is 1. The first-order valence-corrected chi connectivity index (χ1v) is 5.70. The van der Waals surface area contributed by atoms with E-state index in [-0.39, 0.29) is 30.5 Å². The Labute approximate surface area is 114 Å². The third-order valence-electron chi connectivity index (χ3n) is 2.20. The highest BCUT2D eigenvalue weighted by atomic mass is 35.5. The molecule has 0 radical (unpaired) electrons. The maximum atomic E-state index is 11.5. The van der Waals surface area contributed by atoms with Gasteiger partial charge in [-0.05, 0) is 34.4 Å². The first-order chi connectivity index (χ1) is 7.38. The molecule has 0 aromatic heterocycles. The van der Waals surface area contributed by atoms with Gasteiger partial charge in [-0.25, -0.2) is 4.79 Å². The average Bonchev–Trinajstić information content (AvgIpc) is 2.24. The lowest BCUT2D eigenvalue weighted by Crippen LogP contribution is -2.30. The predicted molar refractivity (Wildman–Crippen MR) is 71.6 cm³/mol. The van der Waals surface area contributed by atoms with Gasteiger partial charge >= 0.3 is 5.97 Å². The van der Waals surface area contributed by atoms with E-state index in [4.69, 9.17) is 16.3 Å². The minimum Gasteiger partial charge on any atom is -0.443 e. The molecule has 0 heterocycles. The number of halogens is 2. The molecule has 0 saturated heterocycles. The summed E-state index contributed by atoms with van der Waals surface area (Å²) in [4.78, 5) is 13.3. The number of carbonyl (C=O) groups excluding carboxylic acids is 1. The summed E-state index contributed by atoms with van der Waals surface area (Å²) in [6.07, 6.45) is 1.11. The van der Waals surface area contributed by atoms with Gasteiger partial charge in [0.25, 0.3) is 0 Å². The van der Waals surface area contributed by atoms with Crippen LogP contribution in [0.2, 0.25) is 0 Å². The lowest BCUT2D eigenvalue weighted by Gasteiger charge is -2.20. The molecular weight excluding hydrogens is 265 g/mol. The Morgan fingerprint density at radius 2 is 2.06 bits per heavy atom. The van der Waals surface area contributed by atoms with Crippen LogP contribution in [0.25, 0.3) is 0 Å². The Hall–Kier alpha value is -0.290. The van der Waals surface area contributed by atoms with Gasteiger partial charge in [-0.1, -0.05) is 6.08 Å². The average molecular weight is 286 g/mol. The van der Waals surface area contributed by atoms with Crippen molar-refractivity contribution in [2.75, 3.05) is 20.0 Å². The van der Waals surface area contributed by atoms with Crippen LogP contribution in [0, 0.1) is 0 Å². The molecule has 0 amide bonds. The fraction of sp³-hybridized carbons (Fsp3) is 0.727. The van der Waals surface area contributed by atoms with E-state index in [1.807, 2.05) is 14.1 Å². The number of aliphatic hydroxyl groups is 1. The molecule has 102 valence electrons. The second-order valence-electron chi connectivity index (χ2n) is 3.90. The van der Waals surface area contributed by atoms with Crippen molar-refractivity contribution >= 4 is 30.0 Å². The normalized spacial score (nSPS) is 15.1. The standard InChI is InChI=1S/C11H20ClNO3.ClH/c1-8(5-6-10(14)7-12)11(15)16-9(2)13(3)4;/h5,9-10,14H,6-7H2,1-4H3;1H. The zero-order valence-corrected chi connectivity index (χ0v) is 12.2. The van der Waals surface area contributed by atoms with Crippen molar-refractivity contribution in [3.05, 3.63) is 11.6 Å². The van der Waals surface area contributed by atoms with E-state index in [9.17, 15) is 9.90 Å². The molecule has 2 unspecified atom stereocenters. The number of esters is 1. The summed E-state index contributed by atoms with van der Waals surface area (Å²) in [6, 6.07) is 0. The monoisotopic (exact) mass is 285 g/mol. The number of hydrogen-bond donors (Lipinski definition) is 1. The Balaban J connectivity index is 0. The van der Waals surface area contributed by atoms with Crippen LogP contribution in [-0.4, -0.2) is 48.3 Å². The van der Waals surface area contributed by atoms with E-state index in [0.717, 1.165) is 0 Å². The molecule has 0 saturated carbocycles. The van der Waals surface area contributed by atoms with E-state index < -0.39 is 6.10 Å². The van der Waals surface area contributed by atoms with Crippen LogP contribution in [0.3, 0.4) is 0 Å². The van der Waals surface area contributed by atoms with Gasteiger partial charge in [0.2, 0.25) is 0 Å². The summed E-state index contributed by atoms with van der Waals surface area (Å²) in [5.41, 5.74) is 0.484. The first kappa shape index (κ1) is 19.1. The molecule has 0 aliphatic rings. The molecule has 0 fully saturated rings. The molecule has 17 heavy (non-hydrogen) atoms. The summed E-state index contributed by atoms with van der Waals surface area (Å²) < 4.78 is 5.14. The summed E-state index contributed by atoms with van der Waals surface area (Å²) in [7, 11) is 3.66. The van der Waals surface area contributed by atoms with Gasteiger partial charge in [0, 0.05) is 11.5 Å². The van der Waals surface area contributed by atoms with Crippen molar-refractivity contribution in [3.63, 3.8) is 0 Å². The van der Waals surface area contributed by atoms with Crippen LogP contribution in [0.1, 0.15) is 20.3 Å². The number of alkyl halides is 1. The van der Waals surface area contributed by atoms with Crippen molar-refractivity contribution < 1.29 is 14.6 Å². The molecule has 0 aliphatic heterocycles. The molecule has 0 aliphatic carbocycles. The number of hydrogen-bond acceptors (Lipinski definition) is 4. The SMILES string of the molecule is CC(=CCC(O)CCl)C(=O)OC(C)N(C)C.Cl.